The molecule has 0 amide bonds. The number of hydrogen-bond acceptors (Lipinski definition) is 3. The number of sulfonamides is 1. The summed E-state index contributed by atoms with van der Waals surface area (Å²) in [7, 11) is -3.02. The standard InChI is InChI=1S/C14H30N2O2S/c1-3-16(19(2,17)18)13-7-11-15-12-10-14-8-5-4-6-9-14/h14-15H,3-13H2,1-2H3. The summed E-state index contributed by atoms with van der Waals surface area (Å²) in [5.74, 6) is 0.921. The van der Waals surface area contributed by atoms with Crippen LogP contribution in [0.1, 0.15) is 51.9 Å². The molecule has 0 radical (unpaired) electrons. The van der Waals surface area contributed by atoms with E-state index in [0.717, 1.165) is 25.4 Å². The first-order chi connectivity index (χ1) is 9.04. The van der Waals surface area contributed by atoms with Crippen LogP contribution in [-0.4, -0.2) is 45.2 Å². The van der Waals surface area contributed by atoms with Gasteiger partial charge in [-0.1, -0.05) is 39.0 Å². The molecule has 19 heavy (non-hydrogen) atoms. The molecule has 0 saturated heterocycles. The number of nitrogens with one attached hydrogen (secondary N) is 1. The Morgan fingerprint density at radius 1 is 1.16 bits per heavy atom. The van der Waals surface area contributed by atoms with Crippen LogP contribution in [0, 0.1) is 5.92 Å². The Bertz CT molecular complexity index is 324. The van der Waals surface area contributed by atoms with Gasteiger partial charge in [-0.25, -0.2) is 12.7 Å². The maximum absolute atomic E-state index is 11.4. The first kappa shape index (κ1) is 16.9. The zero-order chi connectivity index (χ0) is 14.1. The number of hydrogen-bond donors (Lipinski definition) is 1. The first-order valence-electron chi connectivity index (χ1n) is 7.70. The zero-order valence-corrected chi connectivity index (χ0v) is 13.3. The summed E-state index contributed by atoms with van der Waals surface area (Å²) in [6, 6.07) is 0. The Morgan fingerprint density at radius 3 is 2.42 bits per heavy atom. The van der Waals surface area contributed by atoms with E-state index in [1.807, 2.05) is 6.92 Å². The van der Waals surface area contributed by atoms with E-state index in [1.54, 1.807) is 0 Å². The predicted molar refractivity (Wildman–Crippen MR) is 80.8 cm³/mol. The molecule has 1 rings (SSSR count). The van der Waals surface area contributed by atoms with Gasteiger partial charge in [-0.2, -0.15) is 0 Å². The van der Waals surface area contributed by atoms with Crippen molar-refractivity contribution in [2.45, 2.75) is 51.9 Å². The minimum Gasteiger partial charge on any atom is -0.317 e. The minimum atomic E-state index is -3.02. The van der Waals surface area contributed by atoms with E-state index in [9.17, 15) is 8.42 Å². The van der Waals surface area contributed by atoms with Crippen molar-refractivity contribution in [2.24, 2.45) is 5.92 Å². The Hall–Kier alpha value is -0.130. The average molecular weight is 290 g/mol. The van der Waals surface area contributed by atoms with E-state index in [4.69, 9.17) is 0 Å². The van der Waals surface area contributed by atoms with Crippen LogP contribution in [0.2, 0.25) is 0 Å². The molecule has 0 aromatic heterocycles. The molecule has 0 heterocycles. The molecular weight excluding hydrogens is 260 g/mol. The fraction of sp³-hybridized carbons (Fsp3) is 1.00. The third kappa shape index (κ3) is 7.28. The van der Waals surface area contributed by atoms with E-state index in [2.05, 4.69) is 5.32 Å². The highest BCUT2D eigenvalue weighted by molar-refractivity contribution is 7.88. The van der Waals surface area contributed by atoms with E-state index in [1.165, 1.54) is 49.1 Å². The van der Waals surface area contributed by atoms with Crippen LogP contribution in [0.4, 0.5) is 0 Å². The lowest BCUT2D eigenvalue weighted by Gasteiger charge is -2.21. The minimum absolute atomic E-state index is 0.570. The highest BCUT2D eigenvalue weighted by atomic mass is 32.2. The summed E-state index contributed by atoms with van der Waals surface area (Å²) in [5.41, 5.74) is 0. The molecule has 1 aliphatic rings. The summed E-state index contributed by atoms with van der Waals surface area (Å²) < 4.78 is 24.3. The van der Waals surface area contributed by atoms with E-state index in [-0.39, 0.29) is 0 Å². The molecule has 4 nitrogen and oxygen atoms in total. The molecule has 1 fully saturated rings. The van der Waals surface area contributed by atoms with Gasteiger partial charge in [0.25, 0.3) is 0 Å². The maximum atomic E-state index is 11.4. The summed E-state index contributed by atoms with van der Waals surface area (Å²) in [5, 5.41) is 3.44. The van der Waals surface area contributed by atoms with Crippen molar-refractivity contribution in [1.29, 1.82) is 0 Å². The molecule has 0 unspecified atom stereocenters. The Labute approximate surface area is 119 Å². The SMILES string of the molecule is CCN(CCCNCCC1CCCCC1)S(C)(=O)=O. The molecule has 5 heteroatoms. The van der Waals surface area contributed by atoms with Crippen LogP contribution in [0.15, 0.2) is 0 Å². The summed E-state index contributed by atoms with van der Waals surface area (Å²) >= 11 is 0. The lowest BCUT2D eigenvalue weighted by atomic mass is 9.87. The highest BCUT2D eigenvalue weighted by Gasteiger charge is 2.14. The van der Waals surface area contributed by atoms with Crippen LogP contribution in [-0.2, 0) is 10.0 Å². The van der Waals surface area contributed by atoms with Crippen molar-refractivity contribution in [1.82, 2.24) is 9.62 Å². The van der Waals surface area contributed by atoms with Gasteiger partial charge in [0.15, 0.2) is 0 Å². The van der Waals surface area contributed by atoms with E-state index < -0.39 is 10.0 Å². The van der Waals surface area contributed by atoms with E-state index >= 15 is 0 Å². The molecule has 0 aromatic rings. The quantitative estimate of drug-likeness (QED) is 0.662. The molecule has 1 aliphatic carbocycles. The normalized spacial score (nSPS) is 18.1. The second kappa shape index (κ2) is 8.93. The van der Waals surface area contributed by atoms with Gasteiger partial charge in [0, 0.05) is 13.1 Å². The molecule has 1 N–H and O–H groups in total. The first-order valence-corrected chi connectivity index (χ1v) is 9.54. The summed E-state index contributed by atoms with van der Waals surface area (Å²) in [4.78, 5) is 0. The van der Waals surface area contributed by atoms with E-state index in [0.29, 0.717) is 13.1 Å². The molecule has 0 aromatic carbocycles. The van der Waals surface area contributed by atoms with Crippen LogP contribution in [0.5, 0.6) is 0 Å². The number of rotatable bonds is 9. The van der Waals surface area contributed by atoms with Crippen molar-refractivity contribution >= 4 is 10.0 Å². The Balaban J connectivity index is 2.01. The van der Waals surface area contributed by atoms with Crippen molar-refractivity contribution in [3.63, 3.8) is 0 Å². The third-order valence-corrected chi connectivity index (χ3v) is 5.42. The second-order valence-electron chi connectivity index (χ2n) is 5.65. The smallest absolute Gasteiger partial charge is 0.211 e. The van der Waals surface area contributed by atoms with Crippen LogP contribution in [0.25, 0.3) is 0 Å². The van der Waals surface area contributed by atoms with Gasteiger partial charge in [-0.05, 0) is 31.8 Å². The van der Waals surface area contributed by atoms with Crippen LogP contribution in [0.3, 0.4) is 0 Å². The van der Waals surface area contributed by atoms with Gasteiger partial charge in [-0.3, -0.25) is 0 Å². The van der Waals surface area contributed by atoms with Crippen molar-refractivity contribution < 1.29 is 8.42 Å². The zero-order valence-electron chi connectivity index (χ0n) is 12.5. The lowest BCUT2D eigenvalue weighted by molar-refractivity contribution is 0.332. The van der Waals surface area contributed by atoms with Gasteiger partial charge >= 0.3 is 0 Å². The second-order valence-corrected chi connectivity index (χ2v) is 7.63. The van der Waals surface area contributed by atoms with Gasteiger partial charge < -0.3 is 5.32 Å². The molecule has 1 saturated carbocycles. The van der Waals surface area contributed by atoms with Gasteiger partial charge in [0.2, 0.25) is 10.0 Å². The summed E-state index contributed by atoms with van der Waals surface area (Å²) in [6.07, 6.45) is 10.5. The monoisotopic (exact) mass is 290 g/mol. The summed E-state index contributed by atoms with van der Waals surface area (Å²) in [6.45, 7) is 5.08. The van der Waals surface area contributed by atoms with Gasteiger partial charge in [0.1, 0.15) is 0 Å². The lowest BCUT2D eigenvalue weighted by Crippen LogP contribution is -2.32. The topological polar surface area (TPSA) is 49.4 Å². The number of nitrogens with zero attached hydrogens (tertiary/aromatic N) is 1. The van der Waals surface area contributed by atoms with Crippen LogP contribution < -0.4 is 5.32 Å². The molecular formula is C14H30N2O2S. The molecule has 0 bridgehead atoms. The van der Waals surface area contributed by atoms with Crippen molar-refractivity contribution in [2.75, 3.05) is 32.4 Å². The fourth-order valence-electron chi connectivity index (χ4n) is 2.85. The maximum Gasteiger partial charge on any atom is 0.211 e. The Kier molecular flexibility index (Phi) is 7.95. The van der Waals surface area contributed by atoms with Crippen LogP contribution >= 0.6 is 0 Å². The molecule has 114 valence electrons. The predicted octanol–water partition coefficient (Wildman–Crippen LogP) is 2.22. The van der Waals surface area contributed by atoms with Gasteiger partial charge in [-0.15, -0.1) is 0 Å². The van der Waals surface area contributed by atoms with Gasteiger partial charge in [0.05, 0.1) is 6.26 Å². The highest BCUT2D eigenvalue weighted by Crippen LogP contribution is 2.25. The fourth-order valence-corrected chi connectivity index (χ4v) is 3.78. The molecule has 0 aliphatic heterocycles. The largest absolute Gasteiger partial charge is 0.317 e. The molecule has 0 atom stereocenters. The molecule has 0 spiro atoms. The van der Waals surface area contributed by atoms with Crippen molar-refractivity contribution in [3.05, 3.63) is 0 Å². The Morgan fingerprint density at radius 2 is 1.84 bits per heavy atom. The third-order valence-electron chi connectivity index (χ3n) is 4.04. The van der Waals surface area contributed by atoms with Crippen molar-refractivity contribution in [3.8, 4) is 0 Å². The average Bonchev–Trinajstić information content (AvgIpc) is 2.37.